The second-order valence-electron chi connectivity index (χ2n) is 7.92. The van der Waals surface area contributed by atoms with Crippen molar-refractivity contribution in [2.24, 2.45) is 0 Å². The van der Waals surface area contributed by atoms with Crippen molar-refractivity contribution in [3.63, 3.8) is 0 Å². The van der Waals surface area contributed by atoms with Gasteiger partial charge in [-0.1, -0.05) is 21.6 Å². The van der Waals surface area contributed by atoms with Gasteiger partial charge in [-0.05, 0) is 37.1 Å². The number of hydrogen-bond donors (Lipinski definition) is 2. The van der Waals surface area contributed by atoms with Gasteiger partial charge in [-0.25, -0.2) is 18.4 Å². The molecule has 0 amide bonds. The summed E-state index contributed by atoms with van der Waals surface area (Å²) in [7, 11) is 5.59. The normalized spacial score (nSPS) is 12.8. The molecule has 0 saturated carbocycles. The number of aromatic nitrogens is 2. The third-order valence-corrected chi connectivity index (χ3v) is 7.80. The number of anilines is 2. The van der Waals surface area contributed by atoms with Gasteiger partial charge < -0.3 is 28.9 Å². The molecule has 0 spiro atoms. The van der Waals surface area contributed by atoms with Crippen LogP contribution in [-0.4, -0.2) is 59.7 Å². The molecule has 4 rings (SSSR count). The molecule has 0 bridgehead atoms. The summed E-state index contributed by atoms with van der Waals surface area (Å²) in [6.07, 6.45) is 0.797. The van der Waals surface area contributed by atoms with Gasteiger partial charge in [-0.2, -0.15) is 9.97 Å². The Labute approximate surface area is 223 Å². The largest absolute Gasteiger partial charge is 0.467 e. The minimum absolute atomic E-state index is 0.0904. The lowest BCUT2D eigenvalue weighted by molar-refractivity contribution is -0.142. The number of fused-ring (bicyclic) bond motifs is 2. The second-order valence-corrected chi connectivity index (χ2v) is 10.6. The van der Waals surface area contributed by atoms with Crippen LogP contribution in [-0.2, 0) is 19.1 Å². The minimum Gasteiger partial charge on any atom is -0.467 e. The summed E-state index contributed by atoms with van der Waals surface area (Å²) in [4.78, 5) is 32.8. The van der Waals surface area contributed by atoms with Crippen molar-refractivity contribution in [3.05, 3.63) is 48.0 Å². The van der Waals surface area contributed by atoms with Crippen molar-refractivity contribution in [2.75, 3.05) is 36.4 Å². The van der Waals surface area contributed by atoms with E-state index in [0.717, 1.165) is 0 Å². The zero-order valence-corrected chi connectivity index (χ0v) is 22.0. The Morgan fingerprint density at radius 2 is 1.24 bits per heavy atom. The van der Waals surface area contributed by atoms with Gasteiger partial charge in [-0.15, -0.1) is 0 Å². The van der Waals surface area contributed by atoms with Gasteiger partial charge in [0.25, 0.3) is 12.0 Å². The Morgan fingerprint density at radius 1 is 0.816 bits per heavy atom. The van der Waals surface area contributed by atoms with Crippen molar-refractivity contribution in [1.82, 2.24) is 9.97 Å². The third-order valence-electron chi connectivity index (χ3n) is 5.33. The topological polar surface area (TPSA) is 129 Å². The molecule has 38 heavy (non-hydrogen) atoms. The first-order chi connectivity index (χ1) is 18.4. The average molecular weight is 567 g/mol. The number of methoxy groups -OCH3 is 2. The molecule has 0 radical (unpaired) electrons. The lowest BCUT2D eigenvalue weighted by Crippen LogP contribution is -2.31. The Bertz CT molecular complexity index is 1310. The van der Waals surface area contributed by atoms with Crippen molar-refractivity contribution >= 4 is 67.8 Å². The van der Waals surface area contributed by atoms with Crippen molar-refractivity contribution < 1.29 is 36.7 Å². The van der Waals surface area contributed by atoms with E-state index in [0.29, 0.717) is 46.5 Å². The van der Waals surface area contributed by atoms with E-state index < -0.39 is 35.7 Å². The van der Waals surface area contributed by atoms with Crippen LogP contribution in [0.25, 0.3) is 22.2 Å². The van der Waals surface area contributed by atoms with Gasteiger partial charge >= 0.3 is 11.9 Å². The molecule has 0 aliphatic carbocycles. The zero-order chi connectivity index (χ0) is 27.1. The maximum Gasteiger partial charge on any atom is 0.328 e. The Morgan fingerprint density at radius 3 is 1.63 bits per heavy atom. The number of esters is 2. The number of carbonyl (C=O) groups excluding carboxylic acids is 2. The molecule has 202 valence electrons. The summed E-state index contributed by atoms with van der Waals surface area (Å²) >= 11 is 0. The van der Waals surface area contributed by atoms with Crippen LogP contribution in [0.5, 0.6) is 0 Å². The molecule has 0 aliphatic heterocycles. The quantitative estimate of drug-likeness (QED) is 0.128. The van der Waals surface area contributed by atoms with E-state index in [1.807, 2.05) is 0 Å². The lowest BCUT2D eigenvalue weighted by atomic mass is 10.2. The van der Waals surface area contributed by atoms with Crippen LogP contribution in [0.1, 0.15) is 12.8 Å². The molecule has 0 unspecified atom stereocenters. The fraction of sp³-hybridized carbons (Fsp3) is 0.333. The average Bonchev–Trinajstić information content (AvgIpc) is 3.50. The summed E-state index contributed by atoms with van der Waals surface area (Å²) in [5.41, 5.74) is 1.45. The van der Waals surface area contributed by atoms with E-state index in [2.05, 4.69) is 20.6 Å². The molecule has 0 fully saturated rings. The minimum atomic E-state index is -0.723. The highest BCUT2D eigenvalue weighted by Crippen LogP contribution is 2.27. The SMILES string of the molecule is COC(=O)[C@H](CCSSCC[C@H](Nc1nc2cc(F)ccc2o1)C(=O)OC)Nc1nc2cc(F)ccc2o1. The van der Waals surface area contributed by atoms with Crippen LogP contribution in [0.15, 0.2) is 45.2 Å². The second kappa shape index (κ2) is 12.8. The number of benzene rings is 2. The Kier molecular flexibility index (Phi) is 9.29. The first-order valence-electron chi connectivity index (χ1n) is 11.4. The fourth-order valence-corrected chi connectivity index (χ4v) is 5.64. The van der Waals surface area contributed by atoms with Crippen molar-refractivity contribution in [2.45, 2.75) is 24.9 Å². The molecule has 2 aromatic heterocycles. The maximum absolute atomic E-state index is 13.4. The number of ether oxygens (including phenoxy) is 2. The standard InChI is InChI=1S/C24H24F2N4O6S2/c1-33-21(31)15(27-23-29-17-11-13(25)3-5-19(17)35-23)7-9-37-38-10-8-16(22(32)34-2)28-24-30-18-12-14(26)4-6-20(18)36-24/h3-6,11-12,15-16H,7-10H2,1-2H3,(H,27,29)(H,28,30)/t15-,16-/m0/s1. The van der Waals surface area contributed by atoms with Crippen LogP contribution in [0.2, 0.25) is 0 Å². The van der Waals surface area contributed by atoms with E-state index in [9.17, 15) is 18.4 Å². The third kappa shape index (κ3) is 7.07. The number of carbonyl (C=O) groups is 2. The highest BCUT2D eigenvalue weighted by molar-refractivity contribution is 8.76. The van der Waals surface area contributed by atoms with E-state index in [1.54, 1.807) is 0 Å². The Balaban J connectivity index is 1.25. The lowest BCUT2D eigenvalue weighted by Gasteiger charge is -2.16. The smallest absolute Gasteiger partial charge is 0.328 e. The van der Waals surface area contributed by atoms with Gasteiger partial charge in [0.2, 0.25) is 0 Å². The predicted octanol–water partition coefficient (Wildman–Crippen LogP) is 5.02. The van der Waals surface area contributed by atoms with Gasteiger partial charge in [0.1, 0.15) is 34.8 Å². The number of hydrogen-bond acceptors (Lipinski definition) is 12. The number of nitrogens with zero attached hydrogens (tertiary/aromatic N) is 2. The molecule has 0 aliphatic rings. The molecule has 4 aromatic rings. The van der Waals surface area contributed by atoms with Crippen LogP contribution in [0.3, 0.4) is 0 Å². The van der Waals surface area contributed by atoms with Crippen molar-refractivity contribution in [1.29, 1.82) is 0 Å². The van der Waals surface area contributed by atoms with Crippen LogP contribution < -0.4 is 10.6 Å². The molecular formula is C24H24F2N4O6S2. The van der Waals surface area contributed by atoms with Gasteiger partial charge in [0.05, 0.1) is 14.2 Å². The predicted molar refractivity (Wildman–Crippen MR) is 141 cm³/mol. The van der Waals surface area contributed by atoms with E-state index in [1.165, 1.54) is 72.2 Å². The van der Waals surface area contributed by atoms with Crippen LogP contribution in [0.4, 0.5) is 20.8 Å². The number of halogens is 2. The molecular weight excluding hydrogens is 542 g/mol. The van der Waals surface area contributed by atoms with E-state index in [-0.39, 0.29) is 12.0 Å². The summed E-state index contributed by atoms with van der Waals surface area (Å²) < 4.78 is 47.6. The molecule has 2 heterocycles. The van der Waals surface area contributed by atoms with Gasteiger partial charge in [-0.3, -0.25) is 0 Å². The molecule has 2 N–H and O–H groups in total. The van der Waals surface area contributed by atoms with Crippen LogP contribution >= 0.6 is 21.6 Å². The highest BCUT2D eigenvalue weighted by Gasteiger charge is 2.23. The van der Waals surface area contributed by atoms with Gasteiger partial charge in [0, 0.05) is 23.6 Å². The first-order valence-corrected chi connectivity index (χ1v) is 13.9. The molecule has 0 saturated heterocycles. The highest BCUT2D eigenvalue weighted by atomic mass is 33.1. The molecule has 2 aromatic carbocycles. The number of rotatable bonds is 13. The molecule has 14 heteroatoms. The number of oxazole rings is 2. The van der Waals surface area contributed by atoms with E-state index >= 15 is 0 Å². The first kappa shape index (κ1) is 27.5. The maximum atomic E-state index is 13.4. The summed E-state index contributed by atoms with van der Waals surface area (Å²) in [5.74, 6) is -0.721. The summed E-state index contributed by atoms with van der Waals surface area (Å²) in [6, 6.07) is 6.66. The number of nitrogens with one attached hydrogen (secondary N) is 2. The van der Waals surface area contributed by atoms with E-state index in [4.69, 9.17) is 18.3 Å². The molecule has 10 nitrogen and oxygen atoms in total. The summed E-state index contributed by atoms with van der Waals surface area (Å²) in [6.45, 7) is 0. The van der Waals surface area contributed by atoms with Crippen LogP contribution in [0, 0.1) is 11.6 Å². The summed E-state index contributed by atoms with van der Waals surface area (Å²) in [5, 5.41) is 5.81. The fourth-order valence-electron chi connectivity index (χ4n) is 3.45. The monoisotopic (exact) mass is 566 g/mol. The zero-order valence-electron chi connectivity index (χ0n) is 20.4. The van der Waals surface area contributed by atoms with Gasteiger partial charge in [0.15, 0.2) is 11.2 Å². The van der Waals surface area contributed by atoms with Crippen molar-refractivity contribution in [3.8, 4) is 0 Å². The molecule has 2 atom stereocenters. The Hall–Kier alpha value is -3.52.